The summed E-state index contributed by atoms with van der Waals surface area (Å²) in [5.74, 6) is 1.05. The molecule has 3 nitrogen and oxygen atoms in total. The molecule has 0 spiro atoms. The number of carbonyl (C=O) groups is 1. The molecule has 2 fully saturated rings. The predicted molar refractivity (Wildman–Crippen MR) is 59.6 cm³/mol. The van der Waals surface area contributed by atoms with Crippen molar-refractivity contribution < 1.29 is 4.79 Å². The van der Waals surface area contributed by atoms with Crippen LogP contribution in [0.25, 0.3) is 0 Å². The quantitative estimate of drug-likeness (QED) is 0.735. The first kappa shape index (κ1) is 10.1. The monoisotopic (exact) mass is 214 g/mol. The third-order valence-corrected chi connectivity index (χ3v) is 4.74. The molecule has 1 atom stereocenters. The maximum Gasteiger partial charge on any atom is 0.315 e. The van der Waals surface area contributed by atoms with Gasteiger partial charge in [-0.15, -0.1) is 0 Å². The topological polar surface area (TPSA) is 41.1 Å². The van der Waals surface area contributed by atoms with Crippen LogP contribution < -0.4 is 10.6 Å². The first-order valence-corrected chi connectivity index (χ1v) is 6.27. The smallest absolute Gasteiger partial charge is 0.315 e. The molecule has 0 aromatic carbocycles. The average Bonchev–Trinajstić information content (AvgIpc) is 2.06. The Hall–Kier alpha value is -0.380. The summed E-state index contributed by atoms with van der Waals surface area (Å²) in [6, 6.07) is 0.798. The molecule has 0 aromatic rings. The predicted octanol–water partition coefficient (Wildman–Crippen LogP) is 1.73. The maximum atomic E-state index is 11.5. The normalized spacial score (nSPS) is 30.0. The SMILES string of the molecule is CC1(C)SCC1NC(=O)NC1CCC1. The van der Waals surface area contributed by atoms with Gasteiger partial charge in [-0.3, -0.25) is 0 Å². The molecule has 0 bridgehead atoms. The van der Waals surface area contributed by atoms with Crippen molar-refractivity contribution in [1.82, 2.24) is 10.6 Å². The molecular weight excluding hydrogens is 196 g/mol. The molecule has 1 saturated heterocycles. The molecule has 1 saturated carbocycles. The van der Waals surface area contributed by atoms with E-state index < -0.39 is 0 Å². The van der Waals surface area contributed by atoms with Crippen molar-refractivity contribution in [2.24, 2.45) is 0 Å². The largest absolute Gasteiger partial charge is 0.335 e. The summed E-state index contributed by atoms with van der Waals surface area (Å²) in [5.41, 5.74) is 0. The van der Waals surface area contributed by atoms with Crippen LogP contribution in [0.2, 0.25) is 0 Å². The highest BCUT2D eigenvalue weighted by atomic mass is 32.2. The van der Waals surface area contributed by atoms with Gasteiger partial charge in [-0.1, -0.05) is 0 Å². The van der Waals surface area contributed by atoms with Gasteiger partial charge in [-0.2, -0.15) is 11.8 Å². The second kappa shape index (κ2) is 3.65. The van der Waals surface area contributed by atoms with Crippen molar-refractivity contribution in [1.29, 1.82) is 0 Å². The molecule has 80 valence electrons. The fourth-order valence-corrected chi connectivity index (χ4v) is 2.80. The summed E-state index contributed by atoms with van der Waals surface area (Å²) in [4.78, 5) is 11.5. The Morgan fingerprint density at radius 2 is 2.07 bits per heavy atom. The van der Waals surface area contributed by atoms with E-state index in [1.807, 2.05) is 11.8 Å². The van der Waals surface area contributed by atoms with Crippen LogP contribution in [0.4, 0.5) is 4.79 Å². The number of thioether (sulfide) groups is 1. The van der Waals surface area contributed by atoms with E-state index in [4.69, 9.17) is 0 Å². The lowest BCUT2D eigenvalue weighted by Crippen LogP contribution is -2.59. The molecule has 1 heterocycles. The molecule has 14 heavy (non-hydrogen) atoms. The maximum absolute atomic E-state index is 11.5. The average molecular weight is 214 g/mol. The van der Waals surface area contributed by atoms with Crippen LogP contribution >= 0.6 is 11.8 Å². The van der Waals surface area contributed by atoms with Crippen LogP contribution in [0.1, 0.15) is 33.1 Å². The molecule has 1 aliphatic heterocycles. The van der Waals surface area contributed by atoms with Crippen molar-refractivity contribution in [2.45, 2.75) is 49.9 Å². The van der Waals surface area contributed by atoms with Gasteiger partial charge in [0.05, 0.1) is 6.04 Å². The van der Waals surface area contributed by atoms with Crippen LogP contribution in [0.5, 0.6) is 0 Å². The second-order valence-electron chi connectivity index (χ2n) is 4.71. The third kappa shape index (κ3) is 2.00. The van der Waals surface area contributed by atoms with Crippen molar-refractivity contribution in [2.75, 3.05) is 5.75 Å². The highest BCUT2D eigenvalue weighted by Crippen LogP contribution is 2.39. The van der Waals surface area contributed by atoms with E-state index in [0.717, 1.165) is 18.6 Å². The van der Waals surface area contributed by atoms with Gasteiger partial charge in [0.25, 0.3) is 0 Å². The number of hydrogen-bond donors (Lipinski definition) is 2. The van der Waals surface area contributed by atoms with Crippen LogP contribution in [-0.4, -0.2) is 28.6 Å². The Morgan fingerprint density at radius 3 is 2.43 bits per heavy atom. The van der Waals surface area contributed by atoms with Gasteiger partial charge in [0.1, 0.15) is 0 Å². The molecule has 4 heteroatoms. The van der Waals surface area contributed by atoms with E-state index in [0.29, 0.717) is 12.1 Å². The second-order valence-corrected chi connectivity index (χ2v) is 6.39. The van der Waals surface area contributed by atoms with Crippen LogP contribution in [0.15, 0.2) is 0 Å². The van der Waals surface area contributed by atoms with E-state index in [-0.39, 0.29) is 10.8 Å². The molecule has 2 amide bonds. The minimum absolute atomic E-state index is 0.0214. The van der Waals surface area contributed by atoms with Gasteiger partial charge in [-0.05, 0) is 33.1 Å². The fraction of sp³-hybridized carbons (Fsp3) is 0.900. The van der Waals surface area contributed by atoms with Gasteiger partial charge in [0, 0.05) is 16.5 Å². The van der Waals surface area contributed by atoms with Gasteiger partial charge in [0.2, 0.25) is 0 Å². The van der Waals surface area contributed by atoms with E-state index in [2.05, 4.69) is 24.5 Å². The lowest BCUT2D eigenvalue weighted by Gasteiger charge is -2.44. The number of urea groups is 1. The molecule has 2 aliphatic rings. The Morgan fingerprint density at radius 1 is 1.36 bits per heavy atom. The van der Waals surface area contributed by atoms with Gasteiger partial charge < -0.3 is 10.6 Å². The van der Waals surface area contributed by atoms with E-state index in [1.54, 1.807) is 0 Å². The zero-order chi connectivity index (χ0) is 10.2. The molecule has 2 rings (SSSR count). The summed E-state index contributed by atoms with van der Waals surface area (Å²) in [6.07, 6.45) is 3.56. The van der Waals surface area contributed by atoms with Crippen LogP contribution in [-0.2, 0) is 0 Å². The number of hydrogen-bond acceptors (Lipinski definition) is 2. The van der Waals surface area contributed by atoms with Gasteiger partial charge in [0.15, 0.2) is 0 Å². The molecule has 0 radical (unpaired) electrons. The number of carbonyl (C=O) groups excluding carboxylic acids is 1. The zero-order valence-electron chi connectivity index (χ0n) is 8.80. The first-order chi connectivity index (χ1) is 6.58. The van der Waals surface area contributed by atoms with Gasteiger partial charge in [-0.25, -0.2) is 4.79 Å². The molecule has 2 N–H and O–H groups in total. The lowest BCUT2D eigenvalue weighted by atomic mass is 9.93. The van der Waals surface area contributed by atoms with Crippen LogP contribution in [0, 0.1) is 0 Å². The number of nitrogens with one attached hydrogen (secondary N) is 2. The first-order valence-electron chi connectivity index (χ1n) is 5.29. The zero-order valence-corrected chi connectivity index (χ0v) is 9.62. The highest BCUT2D eigenvalue weighted by Gasteiger charge is 2.40. The highest BCUT2D eigenvalue weighted by molar-refractivity contribution is 8.02. The van der Waals surface area contributed by atoms with Crippen molar-refractivity contribution in [3.8, 4) is 0 Å². The van der Waals surface area contributed by atoms with Crippen molar-refractivity contribution in [3.05, 3.63) is 0 Å². The number of amides is 2. The van der Waals surface area contributed by atoms with Crippen molar-refractivity contribution in [3.63, 3.8) is 0 Å². The van der Waals surface area contributed by atoms with E-state index >= 15 is 0 Å². The Balaban J connectivity index is 1.71. The minimum atomic E-state index is 0.0214. The summed E-state index contributed by atoms with van der Waals surface area (Å²) >= 11 is 1.91. The molecule has 1 aliphatic carbocycles. The van der Waals surface area contributed by atoms with E-state index in [1.165, 1.54) is 6.42 Å². The van der Waals surface area contributed by atoms with Crippen molar-refractivity contribution >= 4 is 17.8 Å². The van der Waals surface area contributed by atoms with E-state index in [9.17, 15) is 4.79 Å². The molecule has 0 aromatic heterocycles. The fourth-order valence-electron chi connectivity index (χ4n) is 1.65. The Bertz CT molecular complexity index is 238. The summed E-state index contributed by atoms with van der Waals surface area (Å²) in [6.45, 7) is 4.35. The molecular formula is C10H18N2OS. The lowest BCUT2D eigenvalue weighted by molar-refractivity contribution is 0.222. The summed E-state index contributed by atoms with van der Waals surface area (Å²) < 4.78 is 0.219. The minimum Gasteiger partial charge on any atom is -0.335 e. The van der Waals surface area contributed by atoms with Crippen LogP contribution in [0.3, 0.4) is 0 Å². The van der Waals surface area contributed by atoms with Gasteiger partial charge >= 0.3 is 6.03 Å². The Kier molecular flexibility index (Phi) is 2.64. The molecule has 1 unspecified atom stereocenters. The number of rotatable bonds is 2. The summed E-state index contributed by atoms with van der Waals surface area (Å²) in [5, 5.41) is 6.03. The Labute approximate surface area is 89.4 Å². The standard InChI is InChI=1S/C10H18N2OS/c1-10(2)8(6-14-10)12-9(13)11-7-4-3-5-7/h7-8H,3-6H2,1-2H3,(H2,11,12,13). The summed E-state index contributed by atoms with van der Waals surface area (Å²) in [7, 11) is 0. The third-order valence-electron chi connectivity index (χ3n) is 3.21.